The van der Waals surface area contributed by atoms with Crippen LogP contribution in [0.15, 0.2) is 12.3 Å². The summed E-state index contributed by atoms with van der Waals surface area (Å²) in [5.41, 5.74) is 6.96. The molecular formula is C13H21N3O2. The third kappa shape index (κ3) is 2.10. The van der Waals surface area contributed by atoms with Crippen molar-refractivity contribution in [3.63, 3.8) is 0 Å². The van der Waals surface area contributed by atoms with Crippen molar-refractivity contribution in [3.05, 3.63) is 18.0 Å². The van der Waals surface area contributed by atoms with E-state index >= 15 is 0 Å². The summed E-state index contributed by atoms with van der Waals surface area (Å²) >= 11 is 0. The van der Waals surface area contributed by atoms with Crippen molar-refractivity contribution in [1.82, 2.24) is 9.47 Å². The number of likely N-dealkylation sites (tertiary alicyclic amines) is 1. The van der Waals surface area contributed by atoms with Crippen LogP contribution < -0.4 is 5.73 Å². The zero-order valence-corrected chi connectivity index (χ0v) is 11.0. The average Bonchev–Trinajstić information content (AvgIpc) is 2.91. The molecule has 0 aliphatic carbocycles. The first-order chi connectivity index (χ1) is 8.58. The Morgan fingerprint density at radius 3 is 2.94 bits per heavy atom. The molecule has 18 heavy (non-hydrogen) atoms. The Morgan fingerprint density at radius 2 is 2.33 bits per heavy atom. The standard InChI is InChI=1S/C13H21N3O2/c1-3-15-7-10(14)6-11(15)13(18)16-5-4-9(2)12(16)8-17/h6-7,9,12,17H,3-5,8,14H2,1-2H3. The molecule has 1 aliphatic heterocycles. The van der Waals surface area contributed by atoms with E-state index in [1.54, 1.807) is 17.2 Å². The van der Waals surface area contributed by atoms with E-state index in [0.29, 0.717) is 30.4 Å². The van der Waals surface area contributed by atoms with Crippen LogP contribution in [0.5, 0.6) is 0 Å². The summed E-state index contributed by atoms with van der Waals surface area (Å²) in [6.07, 6.45) is 2.72. The van der Waals surface area contributed by atoms with Crippen LogP contribution in [-0.2, 0) is 6.54 Å². The van der Waals surface area contributed by atoms with Crippen molar-refractivity contribution >= 4 is 11.6 Å². The molecule has 0 bridgehead atoms. The fraction of sp³-hybridized carbons (Fsp3) is 0.615. The lowest BCUT2D eigenvalue weighted by molar-refractivity contribution is 0.0637. The van der Waals surface area contributed by atoms with E-state index in [4.69, 9.17) is 5.73 Å². The van der Waals surface area contributed by atoms with Gasteiger partial charge in [-0.25, -0.2) is 0 Å². The fourth-order valence-electron chi connectivity index (χ4n) is 2.66. The monoisotopic (exact) mass is 251 g/mol. The maximum atomic E-state index is 12.5. The molecule has 1 aliphatic rings. The van der Waals surface area contributed by atoms with Gasteiger partial charge < -0.3 is 20.3 Å². The number of rotatable bonds is 3. The number of nitrogens with zero attached hydrogens (tertiary/aromatic N) is 2. The molecule has 2 rings (SSSR count). The molecule has 3 N–H and O–H groups in total. The Labute approximate surface area is 107 Å². The Hall–Kier alpha value is -1.49. The highest BCUT2D eigenvalue weighted by Crippen LogP contribution is 2.26. The molecular weight excluding hydrogens is 230 g/mol. The molecule has 2 atom stereocenters. The normalized spacial score (nSPS) is 23.6. The molecule has 1 saturated heterocycles. The van der Waals surface area contributed by atoms with E-state index in [0.717, 1.165) is 6.42 Å². The van der Waals surface area contributed by atoms with Gasteiger partial charge in [0.2, 0.25) is 0 Å². The van der Waals surface area contributed by atoms with Gasteiger partial charge >= 0.3 is 0 Å². The largest absolute Gasteiger partial charge is 0.397 e. The molecule has 2 heterocycles. The molecule has 0 saturated carbocycles. The van der Waals surface area contributed by atoms with Crippen molar-refractivity contribution in [3.8, 4) is 0 Å². The maximum Gasteiger partial charge on any atom is 0.270 e. The van der Waals surface area contributed by atoms with Gasteiger partial charge in [0.05, 0.1) is 18.3 Å². The molecule has 5 nitrogen and oxygen atoms in total. The summed E-state index contributed by atoms with van der Waals surface area (Å²) in [5.74, 6) is 0.318. The Balaban J connectivity index is 2.25. The first-order valence-electron chi connectivity index (χ1n) is 6.46. The van der Waals surface area contributed by atoms with E-state index < -0.39 is 0 Å². The van der Waals surface area contributed by atoms with Gasteiger partial charge in [-0.1, -0.05) is 6.92 Å². The predicted octanol–water partition coefficient (Wildman–Crippen LogP) is 0.933. The number of carbonyl (C=O) groups is 1. The van der Waals surface area contributed by atoms with Crippen LogP contribution in [0.3, 0.4) is 0 Å². The lowest BCUT2D eigenvalue weighted by Gasteiger charge is -2.25. The quantitative estimate of drug-likeness (QED) is 0.839. The van der Waals surface area contributed by atoms with Gasteiger partial charge in [0.15, 0.2) is 0 Å². The van der Waals surface area contributed by atoms with Gasteiger partial charge in [-0.2, -0.15) is 0 Å². The van der Waals surface area contributed by atoms with Crippen LogP contribution in [0.2, 0.25) is 0 Å². The second-order valence-corrected chi connectivity index (χ2v) is 4.96. The summed E-state index contributed by atoms with van der Waals surface area (Å²) in [5, 5.41) is 9.41. The SMILES string of the molecule is CCn1cc(N)cc1C(=O)N1CCC(C)C1CO. The number of hydrogen-bond acceptors (Lipinski definition) is 3. The van der Waals surface area contributed by atoms with Gasteiger partial charge in [-0.05, 0) is 25.3 Å². The summed E-state index contributed by atoms with van der Waals surface area (Å²) in [6.45, 7) is 5.49. The molecule has 100 valence electrons. The second kappa shape index (κ2) is 5.02. The number of carbonyl (C=O) groups excluding carboxylic acids is 1. The van der Waals surface area contributed by atoms with Gasteiger partial charge in [0.25, 0.3) is 5.91 Å². The zero-order valence-electron chi connectivity index (χ0n) is 11.0. The summed E-state index contributed by atoms with van der Waals surface area (Å²) in [7, 11) is 0. The van der Waals surface area contributed by atoms with Crippen LogP contribution in [0.25, 0.3) is 0 Å². The van der Waals surface area contributed by atoms with E-state index in [-0.39, 0.29) is 18.6 Å². The fourth-order valence-corrected chi connectivity index (χ4v) is 2.66. The van der Waals surface area contributed by atoms with Gasteiger partial charge in [0.1, 0.15) is 5.69 Å². The molecule has 1 fully saturated rings. The van der Waals surface area contributed by atoms with E-state index in [2.05, 4.69) is 6.92 Å². The number of aliphatic hydroxyl groups excluding tert-OH is 1. The molecule has 0 radical (unpaired) electrons. The Bertz CT molecular complexity index is 441. The van der Waals surface area contributed by atoms with E-state index in [9.17, 15) is 9.90 Å². The highest BCUT2D eigenvalue weighted by molar-refractivity contribution is 5.94. The first kappa shape index (κ1) is 13.0. The van der Waals surface area contributed by atoms with Crippen molar-refractivity contribution < 1.29 is 9.90 Å². The molecule has 1 aromatic rings. The molecule has 5 heteroatoms. The number of amides is 1. The van der Waals surface area contributed by atoms with Gasteiger partial charge in [0, 0.05) is 19.3 Å². The predicted molar refractivity (Wildman–Crippen MR) is 70.2 cm³/mol. The second-order valence-electron chi connectivity index (χ2n) is 4.96. The van der Waals surface area contributed by atoms with Gasteiger partial charge in [-0.3, -0.25) is 4.79 Å². The Kier molecular flexibility index (Phi) is 3.61. The highest BCUT2D eigenvalue weighted by Gasteiger charge is 2.35. The minimum absolute atomic E-state index is 0.0230. The number of hydrogen-bond donors (Lipinski definition) is 2. The van der Waals surface area contributed by atoms with E-state index in [1.165, 1.54) is 0 Å². The van der Waals surface area contributed by atoms with Crippen LogP contribution in [0.1, 0.15) is 30.8 Å². The van der Waals surface area contributed by atoms with Crippen LogP contribution in [-0.4, -0.2) is 39.7 Å². The minimum atomic E-state index is -0.0704. The number of anilines is 1. The summed E-state index contributed by atoms with van der Waals surface area (Å²) in [6, 6.07) is 1.64. The van der Waals surface area contributed by atoms with Crippen molar-refractivity contribution in [1.29, 1.82) is 0 Å². The zero-order chi connectivity index (χ0) is 13.3. The number of aromatic nitrogens is 1. The topological polar surface area (TPSA) is 71.5 Å². The lowest BCUT2D eigenvalue weighted by Crippen LogP contribution is -2.40. The lowest BCUT2D eigenvalue weighted by atomic mass is 10.0. The number of nitrogen functional groups attached to an aromatic ring is 1. The number of nitrogens with two attached hydrogens (primary N) is 1. The molecule has 0 spiro atoms. The maximum absolute atomic E-state index is 12.5. The van der Waals surface area contributed by atoms with E-state index in [1.807, 2.05) is 11.5 Å². The summed E-state index contributed by atoms with van der Waals surface area (Å²) in [4.78, 5) is 14.3. The van der Waals surface area contributed by atoms with Crippen LogP contribution in [0, 0.1) is 5.92 Å². The van der Waals surface area contributed by atoms with Crippen LogP contribution in [0.4, 0.5) is 5.69 Å². The molecule has 2 unspecified atom stereocenters. The van der Waals surface area contributed by atoms with Crippen molar-refractivity contribution in [2.45, 2.75) is 32.9 Å². The molecule has 1 amide bonds. The number of aryl methyl sites for hydroxylation is 1. The Morgan fingerprint density at radius 1 is 1.61 bits per heavy atom. The van der Waals surface area contributed by atoms with Crippen LogP contribution >= 0.6 is 0 Å². The summed E-state index contributed by atoms with van der Waals surface area (Å²) < 4.78 is 1.86. The smallest absolute Gasteiger partial charge is 0.270 e. The number of aliphatic hydroxyl groups is 1. The van der Waals surface area contributed by atoms with Crippen molar-refractivity contribution in [2.75, 3.05) is 18.9 Å². The molecule has 0 aromatic carbocycles. The highest BCUT2D eigenvalue weighted by atomic mass is 16.3. The third-order valence-electron chi connectivity index (χ3n) is 3.81. The third-order valence-corrected chi connectivity index (χ3v) is 3.81. The molecule has 1 aromatic heterocycles. The minimum Gasteiger partial charge on any atom is -0.397 e. The first-order valence-corrected chi connectivity index (χ1v) is 6.46. The average molecular weight is 251 g/mol. The van der Waals surface area contributed by atoms with Crippen molar-refractivity contribution in [2.24, 2.45) is 5.92 Å². The van der Waals surface area contributed by atoms with Gasteiger partial charge in [-0.15, -0.1) is 0 Å².